The van der Waals surface area contributed by atoms with E-state index in [2.05, 4.69) is 31.9 Å². The number of carbonyl (C=O) groups is 11. The smallest absolute Gasteiger partial charge is 0.326 e. The second-order valence-corrected chi connectivity index (χ2v) is 14.4. The third-order valence-corrected chi connectivity index (χ3v) is 8.08. The lowest BCUT2D eigenvalue weighted by atomic mass is 10.0. The van der Waals surface area contributed by atoms with Gasteiger partial charge in [-0.2, -0.15) is 0 Å². The summed E-state index contributed by atoms with van der Waals surface area (Å²) in [6.07, 6.45) is -3.32. The zero-order chi connectivity index (χ0) is 44.2. The molecule has 0 aliphatic heterocycles. The maximum atomic E-state index is 13.6. The second kappa shape index (κ2) is 25.3. The average molecular weight is 815 g/mol. The van der Waals surface area contributed by atoms with E-state index in [0.717, 1.165) is 0 Å². The van der Waals surface area contributed by atoms with Crippen molar-refractivity contribution in [1.29, 1.82) is 0 Å². The zero-order valence-electron chi connectivity index (χ0n) is 32.8. The Balaban J connectivity index is 6.29. The van der Waals surface area contributed by atoms with Crippen LogP contribution in [0.3, 0.4) is 0 Å². The fourth-order valence-corrected chi connectivity index (χ4v) is 5.10. The minimum Gasteiger partial charge on any atom is -0.481 e. The number of hydrogen-bond donors (Lipinski definition) is 12. The van der Waals surface area contributed by atoms with E-state index in [0.29, 0.717) is 0 Å². The van der Waals surface area contributed by atoms with Crippen molar-refractivity contribution < 1.29 is 63.0 Å². The molecule has 0 radical (unpaired) electrons. The lowest BCUT2D eigenvalue weighted by Gasteiger charge is -2.27. The van der Waals surface area contributed by atoms with Crippen LogP contribution in [0.15, 0.2) is 0 Å². The zero-order valence-corrected chi connectivity index (χ0v) is 32.8. The van der Waals surface area contributed by atoms with E-state index in [-0.39, 0.29) is 31.1 Å². The molecule has 0 rings (SSSR count). The molecule has 16 N–H and O–H groups in total. The van der Waals surface area contributed by atoms with E-state index in [9.17, 15) is 57.8 Å². The van der Waals surface area contributed by atoms with Crippen molar-refractivity contribution in [2.24, 2.45) is 34.8 Å². The van der Waals surface area contributed by atoms with Crippen molar-refractivity contribution in [3.63, 3.8) is 0 Å². The van der Waals surface area contributed by atoms with Gasteiger partial charge in [-0.3, -0.25) is 47.9 Å². The number of aliphatic carboxylic acids is 2. The number of carboxylic acids is 2. The van der Waals surface area contributed by atoms with Gasteiger partial charge < -0.3 is 65.0 Å². The molecule has 0 aliphatic carbocycles. The van der Waals surface area contributed by atoms with Crippen LogP contribution in [0.2, 0.25) is 0 Å². The number of nitrogens with two attached hydrogens (primary N) is 4. The average Bonchev–Trinajstić information content (AvgIpc) is 3.08. The third kappa shape index (κ3) is 21.7. The molecule has 0 aromatic heterocycles. The Kier molecular flexibility index (Phi) is 22.7. The quantitative estimate of drug-likeness (QED) is 0.0356. The molecule has 0 unspecified atom stereocenters. The van der Waals surface area contributed by atoms with Crippen LogP contribution in [0.5, 0.6) is 0 Å². The molecular formula is C34H58N10O13. The number of carbonyl (C=O) groups excluding carboxylic acids is 9. The van der Waals surface area contributed by atoms with Crippen molar-refractivity contribution in [3.05, 3.63) is 0 Å². The lowest BCUT2D eigenvalue weighted by molar-refractivity contribution is -0.142. The Bertz CT molecular complexity index is 1490. The minimum absolute atomic E-state index is 0.0116. The summed E-state index contributed by atoms with van der Waals surface area (Å²) in [5.41, 5.74) is 21.5. The predicted molar refractivity (Wildman–Crippen MR) is 199 cm³/mol. The standard InChI is InChI=1S/C34H58N10O13/c1-15(2)12-21(32(54)39-17(5)28(50)44-23(34(56)57)13-16(3)4)43-31(53)20(8-10-25(37)46)40-30(52)19(7-9-24(36)45)41-33(55)22(14-26(38)47)42-29(51)18(35)6-11-27(48)49/h15-23H,6-14,35H2,1-5H3,(H2,36,45)(H2,37,46)(H2,38,47)(H,39,54)(H,40,52)(H,41,55)(H,42,51)(H,43,53)(H,44,50)(H,48,49)(H,56,57)/t17-,18-,19-,20-,21-,22-,23-/m0/s1. The monoisotopic (exact) mass is 814 g/mol. The molecule has 0 saturated heterocycles. The first-order valence-corrected chi connectivity index (χ1v) is 18.2. The van der Waals surface area contributed by atoms with Crippen LogP contribution in [0, 0.1) is 11.8 Å². The van der Waals surface area contributed by atoms with E-state index in [4.69, 9.17) is 28.0 Å². The summed E-state index contributed by atoms with van der Waals surface area (Å²) in [6, 6.07) is -10.2. The molecule has 0 aromatic rings. The van der Waals surface area contributed by atoms with Crippen molar-refractivity contribution >= 4 is 65.1 Å². The van der Waals surface area contributed by atoms with Crippen LogP contribution in [-0.2, 0) is 52.7 Å². The van der Waals surface area contributed by atoms with Gasteiger partial charge in [0.2, 0.25) is 53.2 Å². The largest absolute Gasteiger partial charge is 0.481 e. The second-order valence-electron chi connectivity index (χ2n) is 14.4. The topological polar surface area (TPSA) is 404 Å². The van der Waals surface area contributed by atoms with Crippen LogP contribution in [0.1, 0.15) is 92.4 Å². The van der Waals surface area contributed by atoms with E-state index in [1.165, 1.54) is 6.92 Å². The van der Waals surface area contributed by atoms with Gasteiger partial charge in [0.1, 0.15) is 36.3 Å². The van der Waals surface area contributed by atoms with Crippen LogP contribution in [-0.4, -0.2) is 118 Å². The van der Waals surface area contributed by atoms with Gasteiger partial charge in [-0.05, 0) is 50.9 Å². The molecule has 0 aliphatic rings. The van der Waals surface area contributed by atoms with Gasteiger partial charge in [-0.1, -0.05) is 27.7 Å². The Morgan fingerprint density at radius 3 is 1.25 bits per heavy atom. The minimum atomic E-state index is -1.73. The third-order valence-electron chi connectivity index (χ3n) is 8.08. The van der Waals surface area contributed by atoms with Gasteiger partial charge in [0.05, 0.1) is 12.5 Å². The number of hydrogen-bond acceptors (Lipinski definition) is 12. The predicted octanol–water partition coefficient (Wildman–Crippen LogP) is -4.31. The maximum Gasteiger partial charge on any atom is 0.326 e. The summed E-state index contributed by atoms with van der Waals surface area (Å²) in [6.45, 7) is 8.28. The van der Waals surface area contributed by atoms with Gasteiger partial charge in [-0.25, -0.2) is 4.79 Å². The molecule has 57 heavy (non-hydrogen) atoms. The SMILES string of the molecule is CC(C)C[C@H](NC(=O)[C@H](C)NC(=O)[C@H](CC(C)C)NC(=O)[C@H](CCC(N)=O)NC(=O)[C@H](CCC(N)=O)NC(=O)[C@H](CC(N)=O)NC(=O)[C@@H](N)CCC(=O)O)C(=O)O. The summed E-state index contributed by atoms with van der Waals surface area (Å²) in [7, 11) is 0. The Morgan fingerprint density at radius 2 is 0.842 bits per heavy atom. The summed E-state index contributed by atoms with van der Waals surface area (Å²) < 4.78 is 0. The van der Waals surface area contributed by atoms with E-state index >= 15 is 0 Å². The van der Waals surface area contributed by atoms with E-state index in [1.807, 2.05) is 0 Å². The Labute approximate surface area is 329 Å². The normalized spacial score (nSPS) is 14.7. The fraction of sp³-hybridized carbons (Fsp3) is 0.676. The highest BCUT2D eigenvalue weighted by molar-refractivity contribution is 5.98. The highest BCUT2D eigenvalue weighted by atomic mass is 16.4. The summed E-state index contributed by atoms with van der Waals surface area (Å²) in [5.74, 6) is -11.6. The number of amides is 9. The molecule has 0 spiro atoms. The molecular weight excluding hydrogens is 756 g/mol. The van der Waals surface area contributed by atoms with E-state index in [1.54, 1.807) is 27.7 Å². The van der Waals surface area contributed by atoms with Crippen molar-refractivity contribution in [2.45, 2.75) is 135 Å². The first kappa shape index (κ1) is 51.1. The van der Waals surface area contributed by atoms with Gasteiger partial charge in [0.15, 0.2) is 0 Å². The molecule has 7 atom stereocenters. The first-order valence-electron chi connectivity index (χ1n) is 18.2. The van der Waals surface area contributed by atoms with Crippen molar-refractivity contribution in [2.75, 3.05) is 0 Å². The fourth-order valence-electron chi connectivity index (χ4n) is 5.10. The summed E-state index contributed by atoms with van der Waals surface area (Å²) in [5, 5.41) is 32.4. The van der Waals surface area contributed by atoms with Gasteiger partial charge in [0, 0.05) is 19.3 Å². The molecule has 0 bridgehead atoms. The molecule has 0 saturated carbocycles. The van der Waals surface area contributed by atoms with Crippen molar-refractivity contribution in [1.82, 2.24) is 31.9 Å². The van der Waals surface area contributed by atoms with Crippen LogP contribution < -0.4 is 54.8 Å². The highest BCUT2D eigenvalue weighted by Gasteiger charge is 2.34. The molecule has 23 heteroatoms. The van der Waals surface area contributed by atoms with Gasteiger partial charge in [0.25, 0.3) is 0 Å². The Morgan fingerprint density at radius 1 is 0.456 bits per heavy atom. The van der Waals surface area contributed by atoms with Crippen LogP contribution in [0.4, 0.5) is 0 Å². The van der Waals surface area contributed by atoms with Crippen LogP contribution >= 0.6 is 0 Å². The number of nitrogens with one attached hydrogen (secondary N) is 6. The summed E-state index contributed by atoms with van der Waals surface area (Å²) >= 11 is 0. The molecule has 0 heterocycles. The maximum absolute atomic E-state index is 13.6. The number of primary amides is 3. The Hall–Kier alpha value is -5.87. The van der Waals surface area contributed by atoms with Gasteiger partial charge >= 0.3 is 11.9 Å². The van der Waals surface area contributed by atoms with E-state index < -0.39 is 146 Å². The molecule has 9 amide bonds. The first-order chi connectivity index (χ1) is 26.3. The highest BCUT2D eigenvalue weighted by Crippen LogP contribution is 2.10. The van der Waals surface area contributed by atoms with Crippen LogP contribution in [0.25, 0.3) is 0 Å². The molecule has 23 nitrogen and oxygen atoms in total. The van der Waals surface area contributed by atoms with Gasteiger partial charge in [-0.15, -0.1) is 0 Å². The number of carboxylic acid groups (broad SMARTS) is 2. The number of rotatable bonds is 28. The summed E-state index contributed by atoms with van der Waals surface area (Å²) in [4.78, 5) is 137. The molecule has 322 valence electrons. The molecule has 0 aromatic carbocycles. The lowest BCUT2D eigenvalue weighted by Crippen LogP contribution is -2.60. The van der Waals surface area contributed by atoms with Crippen molar-refractivity contribution in [3.8, 4) is 0 Å². The molecule has 0 fully saturated rings.